The van der Waals surface area contributed by atoms with E-state index in [9.17, 15) is 4.79 Å². The van der Waals surface area contributed by atoms with Crippen LogP contribution in [0.1, 0.15) is 43.5 Å². The Kier molecular flexibility index (Phi) is 4.31. The van der Waals surface area contributed by atoms with Gasteiger partial charge in [-0.05, 0) is 60.4 Å². The van der Waals surface area contributed by atoms with Crippen LogP contribution in [-0.2, 0) is 4.79 Å². The van der Waals surface area contributed by atoms with E-state index in [4.69, 9.17) is 0 Å². The lowest BCUT2D eigenvalue weighted by atomic mass is 10.3. The number of hydrogen-bond donors (Lipinski definition) is 1. The van der Waals surface area contributed by atoms with Crippen molar-refractivity contribution in [3.05, 3.63) is 33.7 Å². The number of rotatable bonds is 6. The van der Waals surface area contributed by atoms with Crippen LogP contribution >= 0.6 is 34.4 Å². The zero-order valence-electron chi connectivity index (χ0n) is 12.5. The highest BCUT2D eigenvalue weighted by Crippen LogP contribution is 2.45. The van der Waals surface area contributed by atoms with Gasteiger partial charge in [-0.25, -0.2) is 0 Å². The summed E-state index contributed by atoms with van der Waals surface area (Å²) in [4.78, 5) is 12.2. The number of para-hydroxylation sites is 1. The van der Waals surface area contributed by atoms with E-state index in [0.29, 0.717) is 17.7 Å². The molecule has 2 saturated carbocycles. The van der Waals surface area contributed by atoms with Gasteiger partial charge >= 0.3 is 0 Å². The van der Waals surface area contributed by atoms with Crippen LogP contribution in [0.15, 0.2) is 29.4 Å². The normalized spacial score (nSPS) is 17.3. The van der Waals surface area contributed by atoms with Gasteiger partial charge in [-0.3, -0.25) is 4.79 Å². The highest BCUT2D eigenvalue weighted by atomic mass is 127. The van der Waals surface area contributed by atoms with E-state index in [1.165, 1.54) is 37.4 Å². The molecule has 0 aliphatic heterocycles. The minimum Gasteiger partial charge on any atom is -0.324 e. The van der Waals surface area contributed by atoms with Crippen LogP contribution in [-0.4, -0.2) is 26.4 Å². The minimum absolute atomic E-state index is 0.00238. The van der Waals surface area contributed by atoms with Crippen molar-refractivity contribution in [3.8, 4) is 0 Å². The molecule has 120 valence electrons. The quantitative estimate of drug-likeness (QED) is 0.548. The number of amides is 1. The Morgan fingerprint density at radius 3 is 2.74 bits per heavy atom. The van der Waals surface area contributed by atoms with Gasteiger partial charge in [-0.15, -0.1) is 10.2 Å². The number of carbonyl (C=O) groups is 1. The Morgan fingerprint density at radius 2 is 2.04 bits per heavy atom. The van der Waals surface area contributed by atoms with E-state index in [-0.39, 0.29) is 5.91 Å². The average molecular weight is 440 g/mol. The molecule has 5 nitrogen and oxygen atoms in total. The Labute approximate surface area is 152 Å². The van der Waals surface area contributed by atoms with E-state index in [1.54, 1.807) is 0 Å². The molecule has 7 heteroatoms. The number of thioether (sulfide) groups is 1. The van der Waals surface area contributed by atoms with Crippen molar-refractivity contribution in [3.63, 3.8) is 0 Å². The summed E-state index contributed by atoms with van der Waals surface area (Å²) in [6, 6.07) is 8.35. The summed E-state index contributed by atoms with van der Waals surface area (Å²) in [5.41, 5.74) is 0.862. The molecule has 1 aromatic carbocycles. The minimum atomic E-state index is -0.00238. The molecule has 1 aromatic heterocycles. The molecule has 0 radical (unpaired) electrons. The SMILES string of the molecule is O=C(CSc1nnc(C2CC2)n1C1CC1)Nc1ccccc1I. The van der Waals surface area contributed by atoms with E-state index in [0.717, 1.165) is 20.2 Å². The summed E-state index contributed by atoms with van der Waals surface area (Å²) in [5, 5.41) is 12.6. The van der Waals surface area contributed by atoms with Gasteiger partial charge in [0, 0.05) is 15.5 Å². The van der Waals surface area contributed by atoms with Crippen LogP contribution in [0.3, 0.4) is 0 Å². The number of carbonyl (C=O) groups excluding carboxylic acids is 1. The van der Waals surface area contributed by atoms with Crippen LogP contribution < -0.4 is 5.32 Å². The van der Waals surface area contributed by atoms with Gasteiger partial charge in [-0.2, -0.15) is 0 Å². The Bertz CT molecular complexity index is 739. The molecule has 0 bridgehead atoms. The van der Waals surface area contributed by atoms with Crippen LogP contribution in [0.2, 0.25) is 0 Å². The molecule has 0 atom stereocenters. The molecule has 1 amide bonds. The molecule has 0 spiro atoms. The molecule has 2 aliphatic rings. The second-order valence-corrected chi connectivity index (χ2v) is 8.14. The topological polar surface area (TPSA) is 59.8 Å². The standard InChI is InChI=1S/C16H17IN4OS/c17-12-3-1-2-4-13(12)18-14(22)9-23-16-20-19-15(10-5-6-10)21(16)11-7-8-11/h1-4,10-11H,5-9H2,(H,18,22). The maximum atomic E-state index is 12.2. The maximum Gasteiger partial charge on any atom is 0.234 e. The Morgan fingerprint density at radius 1 is 1.26 bits per heavy atom. The smallest absolute Gasteiger partial charge is 0.234 e. The zero-order chi connectivity index (χ0) is 15.8. The predicted octanol–water partition coefficient (Wildman–Crippen LogP) is 3.83. The summed E-state index contributed by atoms with van der Waals surface area (Å²) in [7, 11) is 0. The molecule has 0 unspecified atom stereocenters. The highest BCUT2D eigenvalue weighted by molar-refractivity contribution is 14.1. The summed E-state index contributed by atoms with van der Waals surface area (Å²) in [6.07, 6.45) is 4.87. The fraction of sp³-hybridized carbons (Fsp3) is 0.438. The fourth-order valence-corrected chi connectivity index (χ4v) is 3.90. The number of nitrogens with one attached hydrogen (secondary N) is 1. The van der Waals surface area contributed by atoms with Crippen molar-refractivity contribution < 1.29 is 4.79 Å². The number of benzene rings is 1. The van der Waals surface area contributed by atoms with Gasteiger partial charge in [-0.1, -0.05) is 23.9 Å². The first kappa shape index (κ1) is 15.4. The van der Waals surface area contributed by atoms with Crippen molar-refractivity contribution in [2.75, 3.05) is 11.1 Å². The van der Waals surface area contributed by atoms with Crippen LogP contribution in [0, 0.1) is 3.57 Å². The summed E-state index contributed by atoms with van der Waals surface area (Å²) >= 11 is 3.71. The molecule has 23 heavy (non-hydrogen) atoms. The van der Waals surface area contributed by atoms with Gasteiger partial charge in [0.2, 0.25) is 5.91 Å². The van der Waals surface area contributed by atoms with Crippen LogP contribution in [0.5, 0.6) is 0 Å². The summed E-state index contributed by atoms with van der Waals surface area (Å²) < 4.78 is 3.32. The lowest BCUT2D eigenvalue weighted by Crippen LogP contribution is -2.15. The third-order valence-electron chi connectivity index (χ3n) is 4.03. The average Bonchev–Trinajstić information content (AvgIpc) is 3.46. The molecule has 4 rings (SSSR count). The molecule has 2 aliphatic carbocycles. The van der Waals surface area contributed by atoms with Crippen LogP contribution in [0.25, 0.3) is 0 Å². The number of nitrogens with zero attached hydrogens (tertiary/aromatic N) is 3. The van der Waals surface area contributed by atoms with E-state index < -0.39 is 0 Å². The molecule has 2 aromatic rings. The largest absolute Gasteiger partial charge is 0.324 e. The van der Waals surface area contributed by atoms with Gasteiger partial charge in [0.15, 0.2) is 5.16 Å². The lowest BCUT2D eigenvalue weighted by Gasteiger charge is -2.09. The summed E-state index contributed by atoms with van der Waals surface area (Å²) in [5.74, 6) is 2.09. The van der Waals surface area contributed by atoms with Crippen molar-refractivity contribution in [2.24, 2.45) is 0 Å². The molecular weight excluding hydrogens is 423 g/mol. The third-order valence-corrected chi connectivity index (χ3v) is 5.91. The van der Waals surface area contributed by atoms with Crippen molar-refractivity contribution >= 4 is 45.9 Å². The van der Waals surface area contributed by atoms with E-state index in [1.807, 2.05) is 24.3 Å². The fourth-order valence-electron chi connectivity index (χ4n) is 2.56. The van der Waals surface area contributed by atoms with Crippen molar-refractivity contribution in [2.45, 2.75) is 42.8 Å². The zero-order valence-corrected chi connectivity index (χ0v) is 15.5. The number of hydrogen-bond acceptors (Lipinski definition) is 4. The second-order valence-electron chi connectivity index (χ2n) is 6.03. The number of halogens is 1. The molecule has 1 N–H and O–H groups in total. The molecular formula is C16H17IN4OS. The highest BCUT2D eigenvalue weighted by Gasteiger charge is 2.36. The Balaban J connectivity index is 1.41. The number of anilines is 1. The maximum absolute atomic E-state index is 12.2. The van der Waals surface area contributed by atoms with E-state index in [2.05, 4.69) is 42.7 Å². The predicted molar refractivity (Wildman–Crippen MR) is 98.8 cm³/mol. The van der Waals surface area contributed by atoms with Gasteiger partial charge in [0.05, 0.1) is 11.4 Å². The van der Waals surface area contributed by atoms with Crippen LogP contribution in [0.4, 0.5) is 5.69 Å². The van der Waals surface area contributed by atoms with Crippen molar-refractivity contribution in [1.82, 2.24) is 14.8 Å². The molecule has 2 fully saturated rings. The summed E-state index contributed by atoms with van der Waals surface area (Å²) in [6.45, 7) is 0. The van der Waals surface area contributed by atoms with Gasteiger partial charge < -0.3 is 9.88 Å². The van der Waals surface area contributed by atoms with Gasteiger partial charge in [0.25, 0.3) is 0 Å². The number of aromatic nitrogens is 3. The third kappa shape index (κ3) is 3.55. The van der Waals surface area contributed by atoms with Crippen molar-refractivity contribution in [1.29, 1.82) is 0 Å². The monoisotopic (exact) mass is 440 g/mol. The second kappa shape index (κ2) is 6.43. The molecule has 0 saturated heterocycles. The first-order chi connectivity index (χ1) is 11.2. The Hall–Kier alpha value is -1.09. The lowest BCUT2D eigenvalue weighted by molar-refractivity contribution is -0.113. The van der Waals surface area contributed by atoms with E-state index >= 15 is 0 Å². The van der Waals surface area contributed by atoms with Gasteiger partial charge in [0.1, 0.15) is 5.82 Å². The first-order valence-corrected chi connectivity index (χ1v) is 9.91. The molecule has 1 heterocycles. The first-order valence-electron chi connectivity index (χ1n) is 7.84.